The van der Waals surface area contributed by atoms with Crippen molar-refractivity contribution < 1.29 is 24.0 Å². The molecule has 0 bridgehead atoms. The second-order valence-electron chi connectivity index (χ2n) is 12.4. The SMILES string of the molecule is Cc1oncc1C(=O)N1CCN(C2CC(C(=O)Nc3nc4ccc(-c5cnc(CO[C@H]6CCC[C@@H]6O)nc5)cc4s3)C2)[C@@H](C)C1. The summed E-state index contributed by atoms with van der Waals surface area (Å²) in [6.45, 7) is 6.24. The number of aliphatic hydroxyl groups excluding tert-OH is 1. The standard InChI is InChI=1S/C32H37N7O5S/c1-18-16-38(31(42)24-15-35-44-19(24)2)8-9-39(18)23-10-21(11-23)30(41)37-32-36-25-7-6-20(12-28(25)45-32)22-13-33-29(34-14-22)17-43-27-5-3-4-26(27)40/h6-7,12-15,18,21,23,26-27,40H,3-5,8-11,16-17H2,1-2H3,(H,36,37,41)/t18-,21?,23?,26-,27-/m0/s1. The van der Waals surface area contributed by atoms with Gasteiger partial charge in [-0.25, -0.2) is 15.0 Å². The van der Waals surface area contributed by atoms with Crippen LogP contribution in [0.25, 0.3) is 21.3 Å². The first kappa shape index (κ1) is 29.9. The maximum Gasteiger partial charge on any atom is 0.259 e. The van der Waals surface area contributed by atoms with Crippen molar-refractivity contribution in [3.8, 4) is 11.1 Å². The number of hydrogen-bond acceptors (Lipinski definition) is 11. The van der Waals surface area contributed by atoms with Gasteiger partial charge in [-0.1, -0.05) is 22.6 Å². The lowest BCUT2D eigenvalue weighted by atomic mass is 9.78. The number of aromatic nitrogens is 4. The van der Waals surface area contributed by atoms with E-state index >= 15 is 0 Å². The summed E-state index contributed by atoms with van der Waals surface area (Å²) in [6.07, 6.45) is 8.74. The molecule has 4 aromatic rings. The number of anilines is 1. The minimum absolute atomic E-state index is 0.00580. The van der Waals surface area contributed by atoms with E-state index in [1.54, 1.807) is 19.3 Å². The third kappa shape index (κ3) is 6.22. The molecule has 12 nitrogen and oxygen atoms in total. The first-order valence-electron chi connectivity index (χ1n) is 15.6. The van der Waals surface area contributed by atoms with Crippen LogP contribution in [0.2, 0.25) is 0 Å². The number of carbonyl (C=O) groups excluding carboxylic acids is 2. The zero-order valence-electron chi connectivity index (χ0n) is 25.4. The van der Waals surface area contributed by atoms with Crippen LogP contribution in [0, 0.1) is 12.8 Å². The first-order valence-corrected chi connectivity index (χ1v) is 16.4. The number of nitrogens with one attached hydrogen (secondary N) is 1. The molecule has 13 heteroatoms. The van der Waals surface area contributed by atoms with Gasteiger partial charge in [0, 0.05) is 55.6 Å². The van der Waals surface area contributed by atoms with Crippen molar-refractivity contribution in [1.82, 2.24) is 29.9 Å². The molecule has 1 saturated heterocycles. The molecule has 4 heterocycles. The van der Waals surface area contributed by atoms with E-state index < -0.39 is 6.10 Å². The van der Waals surface area contributed by atoms with Crippen molar-refractivity contribution in [3.05, 3.63) is 53.9 Å². The molecular weight excluding hydrogens is 594 g/mol. The van der Waals surface area contributed by atoms with Crippen LogP contribution in [0.15, 0.2) is 41.3 Å². The topological polar surface area (TPSA) is 147 Å². The Bertz CT molecular complexity index is 1680. The van der Waals surface area contributed by atoms with Crippen molar-refractivity contribution in [1.29, 1.82) is 0 Å². The molecule has 3 aliphatic rings. The number of thiazole rings is 1. The Kier molecular flexibility index (Phi) is 8.34. The number of fused-ring (bicyclic) bond motifs is 1. The number of amides is 2. The van der Waals surface area contributed by atoms with Gasteiger partial charge in [-0.3, -0.25) is 14.5 Å². The van der Waals surface area contributed by atoms with Gasteiger partial charge in [0.15, 0.2) is 11.0 Å². The van der Waals surface area contributed by atoms with Gasteiger partial charge in [0.1, 0.15) is 17.9 Å². The molecule has 3 aromatic heterocycles. The van der Waals surface area contributed by atoms with Gasteiger partial charge in [0.25, 0.3) is 5.91 Å². The Labute approximate surface area is 264 Å². The number of hydrogen-bond donors (Lipinski definition) is 2. The van der Waals surface area contributed by atoms with Crippen molar-refractivity contribution in [2.45, 2.75) is 76.9 Å². The number of piperazine rings is 1. The molecule has 236 valence electrons. The van der Waals surface area contributed by atoms with Crippen LogP contribution in [0.4, 0.5) is 5.13 Å². The Morgan fingerprint density at radius 1 is 1.13 bits per heavy atom. The summed E-state index contributed by atoms with van der Waals surface area (Å²) in [4.78, 5) is 43.8. The highest BCUT2D eigenvalue weighted by atomic mass is 32.1. The molecule has 45 heavy (non-hydrogen) atoms. The van der Waals surface area contributed by atoms with E-state index in [0.29, 0.717) is 41.4 Å². The molecular formula is C32H37N7O5S. The fourth-order valence-corrected chi connectivity index (χ4v) is 7.58. The number of ether oxygens (including phenoxy) is 1. The van der Waals surface area contributed by atoms with Gasteiger partial charge in [0.05, 0.1) is 28.6 Å². The number of benzene rings is 1. The fourth-order valence-electron chi connectivity index (χ4n) is 6.67. The zero-order valence-corrected chi connectivity index (χ0v) is 26.2. The van der Waals surface area contributed by atoms with E-state index in [1.807, 2.05) is 23.1 Å². The molecule has 1 aromatic carbocycles. The van der Waals surface area contributed by atoms with E-state index in [9.17, 15) is 14.7 Å². The maximum absolute atomic E-state index is 13.1. The Morgan fingerprint density at radius 3 is 2.67 bits per heavy atom. The third-order valence-corrected chi connectivity index (χ3v) is 10.3. The maximum atomic E-state index is 13.1. The predicted octanol–water partition coefficient (Wildman–Crippen LogP) is 4.04. The lowest BCUT2D eigenvalue weighted by Gasteiger charge is -2.49. The quantitative estimate of drug-likeness (QED) is 0.292. The van der Waals surface area contributed by atoms with Crippen molar-refractivity contribution in [2.75, 3.05) is 25.0 Å². The third-order valence-electron chi connectivity index (χ3n) is 9.40. The van der Waals surface area contributed by atoms with E-state index in [4.69, 9.17) is 9.26 Å². The number of carbonyl (C=O) groups is 2. The van der Waals surface area contributed by atoms with E-state index in [-0.39, 0.29) is 36.5 Å². The highest BCUT2D eigenvalue weighted by Crippen LogP contribution is 2.36. The van der Waals surface area contributed by atoms with Crippen LogP contribution < -0.4 is 5.32 Å². The number of aliphatic hydroxyl groups is 1. The summed E-state index contributed by atoms with van der Waals surface area (Å²) in [5.74, 6) is 1.04. The summed E-state index contributed by atoms with van der Waals surface area (Å²) in [6, 6.07) is 6.51. The smallest absolute Gasteiger partial charge is 0.259 e. The number of aryl methyl sites for hydroxylation is 1. The van der Waals surface area contributed by atoms with Crippen molar-refractivity contribution in [3.63, 3.8) is 0 Å². The van der Waals surface area contributed by atoms with Crippen LogP contribution in [0.3, 0.4) is 0 Å². The number of nitrogens with zero attached hydrogens (tertiary/aromatic N) is 6. The molecule has 1 aliphatic heterocycles. The predicted molar refractivity (Wildman–Crippen MR) is 168 cm³/mol. The lowest BCUT2D eigenvalue weighted by molar-refractivity contribution is -0.125. The van der Waals surface area contributed by atoms with Gasteiger partial charge < -0.3 is 24.6 Å². The summed E-state index contributed by atoms with van der Waals surface area (Å²) < 4.78 is 11.8. The van der Waals surface area contributed by atoms with Crippen molar-refractivity contribution >= 4 is 38.5 Å². The van der Waals surface area contributed by atoms with Crippen LogP contribution in [0.1, 0.15) is 61.0 Å². The van der Waals surface area contributed by atoms with Crippen molar-refractivity contribution in [2.24, 2.45) is 5.92 Å². The Balaban J connectivity index is 0.906. The molecule has 2 saturated carbocycles. The highest BCUT2D eigenvalue weighted by Gasteiger charge is 2.42. The molecule has 7 rings (SSSR count). The molecule has 2 N–H and O–H groups in total. The summed E-state index contributed by atoms with van der Waals surface area (Å²) in [5, 5.41) is 17.3. The Morgan fingerprint density at radius 2 is 1.96 bits per heavy atom. The Hall–Kier alpha value is -3.78. The van der Waals surface area contributed by atoms with Crippen LogP contribution in [-0.4, -0.2) is 90.8 Å². The normalized spacial score (nSPS) is 25.4. The first-order chi connectivity index (χ1) is 21.8. The molecule has 2 amide bonds. The largest absolute Gasteiger partial charge is 0.390 e. The van der Waals surface area contributed by atoms with Gasteiger partial charge in [-0.15, -0.1) is 0 Å². The minimum Gasteiger partial charge on any atom is -0.390 e. The van der Waals surface area contributed by atoms with E-state index in [0.717, 1.165) is 60.0 Å². The zero-order chi connectivity index (χ0) is 31.1. The molecule has 0 unspecified atom stereocenters. The summed E-state index contributed by atoms with van der Waals surface area (Å²) in [7, 11) is 0. The molecule has 0 radical (unpaired) electrons. The van der Waals surface area contributed by atoms with E-state index in [2.05, 4.69) is 37.2 Å². The average Bonchev–Trinajstić information content (AvgIpc) is 3.74. The molecule has 2 aliphatic carbocycles. The second kappa shape index (κ2) is 12.5. The van der Waals surface area contributed by atoms with Crippen LogP contribution >= 0.6 is 11.3 Å². The average molecular weight is 632 g/mol. The van der Waals surface area contributed by atoms with Gasteiger partial charge in [0.2, 0.25) is 5.91 Å². The lowest BCUT2D eigenvalue weighted by Crippen LogP contribution is -2.60. The monoisotopic (exact) mass is 631 g/mol. The van der Waals surface area contributed by atoms with Crippen LogP contribution in [-0.2, 0) is 16.1 Å². The summed E-state index contributed by atoms with van der Waals surface area (Å²) in [5.41, 5.74) is 3.20. The van der Waals surface area contributed by atoms with Gasteiger partial charge in [-0.05, 0) is 63.6 Å². The number of rotatable bonds is 8. The molecule has 0 spiro atoms. The highest BCUT2D eigenvalue weighted by molar-refractivity contribution is 7.22. The van der Waals surface area contributed by atoms with Gasteiger partial charge >= 0.3 is 0 Å². The fraction of sp³-hybridized carbons (Fsp3) is 0.500. The second-order valence-corrected chi connectivity index (χ2v) is 13.4. The molecule has 3 atom stereocenters. The van der Waals surface area contributed by atoms with Crippen LogP contribution in [0.5, 0.6) is 0 Å². The summed E-state index contributed by atoms with van der Waals surface area (Å²) >= 11 is 1.46. The van der Waals surface area contributed by atoms with Gasteiger partial charge in [-0.2, -0.15) is 0 Å². The van der Waals surface area contributed by atoms with E-state index in [1.165, 1.54) is 17.5 Å². The minimum atomic E-state index is -0.401. The molecule has 3 fully saturated rings.